The van der Waals surface area contributed by atoms with Gasteiger partial charge < -0.3 is 14.4 Å². The van der Waals surface area contributed by atoms with Crippen LogP contribution in [0.15, 0.2) is 18.2 Å². The van der Waals surface area contributed by atoms with Gasteiger partial charge in [-0.3, -0.25) is 4.79 Å². The molecule has 0 aliphatic carbocycles. The smallest absolute Gasteiger partial charge is 0.231 e. The van der Waals surface area contributed by atoms with E-state index in [2.05, 4.69) is 0 Å². The van der Waals surface area contributed by atoms with E-state index in [-0.39, 0.29) is 6.04 Å². The summed E-state index contributed by atoms with van der Waals surface area (Å²) in [4.78, 5) is 12.3. The average molecular weight is 221 g/mol. The minimum absolute atomic E-state index is 0.179. The first-order valence-electron chi connectivity index (χ1n) is 5.26. The summed E-state index contributed by atoms with van der Waals surface area (Å²) < 4.78 is 10.5. The maximum absolute atomic E-state index is 10.6. The molecular formula is C12H15NO3. The number of likely N-dealkylation sites (N-methyl/N-ethyl adjacent to an activating group) is 1. The summed E-state index contributed by atoms with van der Waals surface area (Å²) >= 11 is 0. The molecule has 0 unspecified atom stereocenters. The first kappa shape index (κ1) is 10.8. The molecule has 1 atom stereocenters. The summed E-state index contributed by atoms with van der Waals surface area (Å²) in [5, 5.41) is 0. The van der Waals surface area contributed by atoms with Crippen LogP contribution in [-0.2, 0) is 11.2 Å². The zero-order chi connectivity index (χ0) is 11.5. The summed E-state index contributed by atoms with van der Waals surface area (Å²) in [6.07, 6.45) is 1.66. The van der Waals surface area contributed by atoms with E-state index in [0.717, 1.165) is 29.9 Å². The topological polar surface area (TPSA) is 38.8 Å². The van der Waals surface area contributed by atoms with Gasteiger partial charge in [0.25, 0.3) is 0 Å². The minimum atomic E-state index is 0.179. The molecule has 0 saturated heterocycles. The van der Waals surface area contributed by atoms with Gasteiger partial charge in [0.2, 0.25) is 13.2 Å². The number of benzene rings is 1. The molecule has 1 heterocycles. The zero-order valence-electron chi connectivity index (χ0n) is 9.47. The molecule has 0 spiro atoms. The van der Waals surface area contributed by atoms with E-state index >= 15 is 0 Å². The average Bonchev–Trinajstić information content (AvgIpc) is 2.75. The minimum Gasteiger partial charge on any atom is -0.454 e. The van der Waals surface area contributed by atoms with Gasteiger partial charge in [-0.05, 0) is 31.0 Å². The summed E-state index contributed by atoms with van der Waals surface area (Å²) in [6, 6.07) is 6.06. The normalized spacial score (nSPS) is 14.6. The van der Waals surface area contributed by atoms with Gasteiger partial charge in [-0.2, -0.15) is 0 Å². The molecule has 0 aromatic heterocycles. The Morgan fingerprint density at radius 2 is 2.19 bits per heavy atom. The predicted octanol–water partition coefficient (Wildman–Crippen LogP) is 1.43. The van der Waals surface area contributed by atoms with Crippen molar-refractivity contribution in [3.05, 3.63) is 23.8 Å². The zero-order valence-corrected chi connectivity index (χ0v) is 9.47. The third-order valence-electron chi connectivity index (χ3n) is 2.83. The Morgan fingerprint density at radius 3 is 2.94 bits per heavy atom. The van der Waals surface area contributed by atoms with E-state index in [1.54, 1.807) is 11.9 Å². The van der Waals surface area contributed by atoms with Crippen LogP contribution in [0.25, 0.3) is 0 Å². The first-order chi connectivity index (χ1) is 7.70. The van der Waals surface area contributed by atoms with Crippen molar-refractivity contribution in [2.24, 2.45) is 0 Å². The molecule has 1 aliphatic rings. The van der Waals surface area contributed by atoms with Crippen molar-refractivity contribution in [2.45, 2.75) is 19.4 Å². The number of amides is 1. The van der Waals surface area contributed by atoms with Crippen molar-refractivity contribution >= 4 is 6.41 Å². The molecule has 4 heteroatoms. The molecule has 0 fully saturated rings. The summed E-state index contributed by atoms with van der Waals surface area (Å²) in [5.41, 5.74) is 1.14. The van der Waals surface area contributed by atoms with E-state index in [9.17, 15) is 4.79 Å². The molecule has 1 aliphatic heterocycles. The van der Waals surface area contributed by atoms with Gasteiger partial charge in [0.15, 0.2) is 11.5 Å². The second-order valence-electron chi connectivity index (χ2n) is 4.01. The van der Waals surface area contributed by atoms with E-state index in [1.807, 2.05) is 25.1 Å². The lowest BCUT2D eigenvalue weighted by molar-refractivity contribution is -0.118. The van der Waals surface area contributed by atoms with Crippen LogP contribution in [0.1, 0.15) is 12.5 Å². The van der Waals surface area contributed by atoms with Crippen molar-refractivity contribution in [1.82, 2.24) is 4.90 Å². The van der Waals surface area contributed by atoms with Gasteiger partial charge >= 0.3 is 0 Å². The van der Waals surface area contributed by atoms with E-state index in [4.69, 9.17) is 9.47 Å². The summed E-state index contributed by atoms with van der Waals surface area (Å²) in [6.45, 7) is 2.31. The highest BCUT2D eigenvalue weighted by molar-refractivity contribution is 5.48. The van der Waals surface area contributed by atoms with Crippen LogP contribution in [0.4, 0.5) is 0 Å². The number of nitrogens with zero attached hydrogens (tertiary/aromatic N) is 1. The molecule has 0 saturated carbocycles. The van der Waals surface area contributed by atoms with E-state index < -0.39 is 0 Å². The van der Waals surface area contributed by atoms with Crippen LogP contribution in [0.3, 0.4) is 0 Å². The number of hydrogen-bond acceptors (Lipinski definition) is 3. The van der Waals surface area contributed by atoms with Crippen LogP contribution in [-0.4, -0.2) is 31.2 Å². The van der Waals surface area contributed by atoms with Gasteiger partial charge in [0.05, 0.1) is 0 Å². The number of rotatable bonds is 4. The van der Waals surface area contributed by atoms with Crippen LogP contribution < -0.4 is 9.47 Å². The third kappa shape index (κ3) is 2.10. The lowest BCUT2D eigenvalue weighted by Gasteiger charge is -2.20. The third-order valence-corrected chi connectivity index (χ3v) is 2.83. The maximum Gasteiger partial charge on any atom is 0.231 e. The second-order valence-corrected chi connectivity index (χ2v) is 4.01. The maximum atomic E-state index is 10.6. The highest BCUT2D eigenvalue weighted by Gasteiger charge is 2.15. The number of fused-ring (bicyclic) bond motifs is 1. The van der Waals surface area contributed by atoms with Crippen LogP contribution >= 0.6 is 0 Å². The summed E-state index contributed by atoms with van der Waals surface area (Å²) in [7, 11) is 1.78. The molecular weight excluding hydrogens is 206 g/mol. The fourth-order valence-electron chi connectivity index (χ4n) is 1.66. The lowest BCUT2D eigenvalue weighted by atomic mass is 10.1. The Bertz CT molecular complexity index is 392. The van der Waals surface area contributed by atoms with Gasteiger partial charge in [0.1, 0.15) is 0 Å². The standard InChI is InChI=1S/C12H15NO3/c1-9(13(2)7-14)5-10-3-4-11-12(6-10)16-8-15-11/h3-4,6-7,9H,5,8H2,1-2H3/t9-/m0/s1. The Balaban J connectivity index is 2.08. The molecule has 4 nitrogen and oxygen atoms in total. The molecule has 1 aromatic carbocycles. The predicted molar refractivity (Wildman–Crippen MR) is 59.6 cm³/mol. The van der Waals surface area contributed by atoms with Crippen molar-refractivity contribution in [3.63, 3.8) is 0 Å². The number of hydrogen-bond donors (Lipinski definition) is 0. The lowest BCUT2D eigenvalue weighted by Crippen LogP contribution is -2.29. The Hall–Kier alpha value is -1.71. The van der Waals surface area contributed by atoms with Crippen molar-refractivity contribution < 1.29 is 14.3 Å². The molecule has 16 heavy (non-hydrogen) atoms. The SMILES string of the molecule is C[C@@H](Cc1ccc2c(c1)OCO2)N(C)C=O. The molecule has 2 rings (SSSR count). The fourth-order valence-corrected chi connectivity index (χ4v) is 1.66. The van der Waals surface area contributed by atoms with Crippen molar-refractivity contribution in [1.29, 1.82) is 0 Å². The Kier molecular flexibility index (Phi) is 2.99. The van der Waals surface area contributed by atoms with Gasteiger partial charge in [-0.15, -0.1) is 0 Å². The van der Waals surface area contributed by atoms with Crippen molar-refractivity contribution in [3.8, 4) is 11.5 Å². The van der Waals surface area contributed by atoms with Gasteiger partial charge in [-0.25, -0.2) is 0 Å². The Labute approximate surface area is 94.8 Å². The molecule has 0 N–H and O–H groups in total. The monoisotopic (exact) mass is 221 g/mol. The highest BCUT2D eigenvalue weighted by atomic mass is 16.7. The quantitative estimate of drug-likeness (QED) is 0.722. The molecule has 1 amide bonds. The molecule has 86 valence electrons. The largest absolute Gasteiger partial charge is 0.454 e. The van der Waals surface area contributed by atoms with Gasteiger partial charge in [-0.1, -0.05) is 6.07 Å². The van der Waals surface area contributed by atoms with E-state index in [0.29, 0.717) is 6.79 Å². The fraction of sp³-hybridized carbons (Fsp3) is 0.417. The summed E-state index contributed by atoms with van der Waals surface area (Å²) in [5.74, 6) is 1.58. The molecule has 0 bridgehead atoms. The highest BCUT2D eigenvalue weighted by Crippen LogP contribution is 2.32. The van der Waals surface area contributed by atoms with Crippen LogP contribution in [0.2, 0.25) is 0 Å². The van der Waals surface area contributed by atoms with Crippen LogP contribution in [0, 0.1) is 0 Å². The van der Waals surface area contributed by atoms with Gasteiger partial charge in [0, 0.05) is 13.1 Å². The van der Waals surface area contributed by atoms with Crippen LogP contribution in [0.5, 0.6) is 11.5 Å². The number of ether oxygens (including phenoxy) is 2. The Morgan fingerprint density at radius 1 is 1.44 bits per heavy atom. The first-order valence-corrected chi connectivity index (χ1v) is 5.26. The number of carbonyl (C=O) groups is 1. The second kappa shape index (κ2) is 4.43. The number of carbonyl (C=O) groups excluding carboxylic acids is 1. The van der Waals surface area contributed by atoms with Crippen molar-refractivity contribution in [2.75, 3.05) is 13.8 Å². The van der Waals surface area contributed by atoms with E-state index in [1.165, 1.54) is 0 Å². The molecule has 0 radical (unpaired) electrons. The molecule has 1 aromatic rings.